The van der Waals surface area contributed by atoms with Crippen LogP contribution in [0.25, 0.3) is 0 Å². The molecule has 0 spiro atoms. The highest BCUT2D eigenvalue weighted by Gasteiger charge is 2.30. The first-order valence-corrected chi connectivity index (χ1v) is 7.83. The van der Waals surface area contributed by atoms with Gasteiger partial charge in [0.05, 0.1) is 18.8 Å². The van der Waals surface area contributed by atoms with Crippen molar-refractivity contribution >= 4 is 11.7 Å². The van der Waals surface area contributed by atoms with E-state index in [1.165, 1.54) is 0 Å². The van der Waals surface area contributed by atoms with E-state index in [0.29, 0.717) is 25.4 Å². The van der Waals surface area contributed by atoms with Gasteiger partial charge in [-0.2, -0.15) is 0 Å². The first-order valence-electron chi connectivity index (χ1n) is 7.83. The van der Waals surface area contributed by atoms with Crippen molar-refractivity contribution in [3.63, 3.8) is 0 Å². The number of hydrogen-bond donors (Lipinski definition) is 2. The average Bonchev–Trinajstić information content (AvgIpc) is 3.05. The number of pyridine rings is 1. The third kappa shape index (κ3) is 4.37. The summed E-state index contributed by atoms with van der Waals surface area (Å²) in [5.74, 6) is 0.517. The van der Waals surface area contributed by atoms with Gasteiger partial charge in [0, 0.05) is 12.7 Å². The highest BCUT2D eigenvalue weighted by molar-refractivity contribution is 5.94. The quantitative estimate of drug-likeness (QED) is 0.889. The van der Waals surface area contributed by atoms with Crippen molar-refractivity contribution in [2.24, 2.45) is 0 Å². The molecule has 120 valence electrons. The van der Waals surface area contributed by atoms with Crippen LogP contribution in [0.3, 0.4) is 0 Å². The van der Waals surface area contributed by atoms with E-state index in [9.17, 15) is 4.79 Å². The lowest BCUT2D eigenvalue weighted by molar-refractivity contribution is -0.118. The Kier molecular flexibility index (Phi) is 5.00. The Bertz CT molecular complexity index is 643. The summed E-state index contributed by atoms with van der Waals surface area (Å²) in [6.45, 7) is 3.22. The highest BCUT2D eigenvalue weighted by Crippen LogP contribution is 2.15. The smallest absolute Gasteiger partial charge is 0.242 e. The van der Waals surface area contributed by atoms with Gasteiger partial charge in [-0.1, -0.05) is 36.4 Å². The molecule has 1 fully saturated rings. The summed E-state index contributed by atoms with van der Waals surface area (Å²) in [5.41, 5.74) is 2.21. The number of aryl methyl sites for hydroxylation is 1. The normalized spacial score (nSPS) is 20.4. The third-order valence-corrected chi connectivity index (χ3v) is 3.90. The minimum absolute atomic E-state index is 0.0527. The number of carbonyl (C=O) groups is 1. The van der Waals surface area contributed by atoms with Crippen LogP contribution < -0.4 is 10.6 Å². The molecule has 1 aromatic heterocycles. The van der Waals surface area contributed by atoms with E-state index in [1.807, 2.05) is 49.4 Å². The first-order chi connectivity index (χ1) is 11.2. The molecule has 0 aliphatic carbocycles. The Morgan fingerprint density at radius 1 is 1.30 bits per heavy atom. The number of carbonyl (C=O) groups excluding carboxylic acids is 1. The van der Waals surface area contributed by atoms with Gasteiger partial charge in [-0.25, -0.2) is 4.98 Å². The predicted molar refractivity (Wildman–Crippen MR) is 89.0 cm³/mol. The molecule has 0 unspecified atom stereocenters. The first kappa shape index (κ1) is 15.6. The summed E-state index contributed by atoms with van der Waals surface area (Å²) in [5, 5.41) is 6.05. The fourth-order valence-electron chi connectivity index (χ4n) is 2.57. The van der Waals surface area contributed by atoms with Crippen LogP contribution in [0.2, 0.25) is 0 Å². The van der Waals surface area contributed by atoms with E-state index in [2.05, 4.69) is 15.6 Å². The number of rotatable bonds is 5. The summed E-state index contributed by atoms with van der Waals surface area (Å²) >= 11 is 0. The lowest BCUT2D eigenvalue weighted by Gasteiger charge is -2.12. The van der Waals surface area contributed by atoms with Gasteiger partial charge >= 0.3 is 0 Å². The van der Waals surface area contributed by atoms with E-state index in [0.717, 1.165) is 11.1 Å². The van der Waals surface area contributed by atoms with Gasteiger partial charge in [0.1, 0.15) is 5.82 Å². The molecule has 1 aliphatic heterocycles. The summed E-state index contributed by atoms with van der Waals surface area (Å²) in [4.78, 5) is 16.4. The van der Waals surface area contributed by atoms with Gasteiger partial charge in [0.15, 0.2) is 0 Å². The molecule has 0 bridgehead atoms. The molecule has 2 heterocycles. The molecule has 5 heteroatoms. The van der Waals surface area contributed by atoms with Gasteiger partial charge in [0.2, 0.25) is 5.91 Å². The van der Waals surface area contributed by atoms with Crippen molar-refractivity contribution in [1.82, 2.24) is 10.3 Å². The summed E-state index contributed by atoms with van der Waals surface area (Å²) < 4.78 is 5.88. The van der Waals surface area contributed by atoms with Crippen LogP contribution in [0.4, 0.5) is 5.82 Å². The number of ether oxygens (including phenoxy) is 1. The predicted octanol–water partition coefficient (Wildman–Crippen LogP) is 2.28. The van der Waals surface area contributed by atoms with Gasteiger partial charge in [-0.15, -0.1) is 0 Å². The van der Waals surface area contributed by atoms with Crippen LogP contribution in [0.15, 0.2) is 48.7 Å². The Balaban J connectivity index is 1.47. The second-order valence-electron chi connectivity index (χ2n) is 5.83. The molecule has 1 saturated heterocycles. The molecule has 3 rings (SSSR count). The molecule has 1 aromatic carbocycles. The Labute approximate surface area is 136 Å². The minimum atomic E-state index is -0.237. The monoisotopic (exact) mass is 311 g/mol. The van der Waals surface area contributed by atoms with Gasteiger partial charge in [0.25, 0.3) is 0 Å². The maximum atomic E-state index is 12.3. The van der Waals surface area contributed by atoms with Crippen LogP contribution in [0.1, 0.15) is 17.5 Å². The number of nitrogens with zero attached hydrogens (tertiary/aromatic N) is 1. The van der Waals surface area contributed by atoms with Gasteiger partial charge in [-0.3, -0.25) is 4.79 Å². The zero-order valence-corrected chi connectivity index (χ0v) is 13.2. The molecule has 0 radical (unpaired) electrons. The van der Waals surface area contributed by atoms with Crippen molar-refractivity contribution in [3.05, 3.63) is 59.8 Å². The van der Waals surface area contributed by atoms with Crippen molar-refractivity contribution in [1.29, 1.82) is 0 Å². The lowest BCUT2D eigenvalue weighted by Crippen LogP contribution is -2.35. The molecule has 1 aliphatic rings. The Hall–Kier alpha value is -2.24. The fraction of sp³-hybridized carbons (Fsp3) is 0.333. The topological polar surface area (TPSA) is 63.2 Å². The van der Waals surface area contributed by atoms with Crippen LogP contribution >= 0.6 is 0 Å². The Morgan fingerprint density at radius 3 is 2.87 bits per heavy atom. The van der Waals surface area contributed by atoms with Crippen molar-refractivity contribution < 1.29 is 9.53 Å². The largest absolute Gasteiger partial charge is 0.372 e. The minimum Gasteiger partial charge on any atom is -0.372 e. The number of aromatic nitrogens is 1. The second-order valence-corrected chi connectivity index (χ2v) is 5.83. The van der Waals surface area contributed by atoms with E-state index in [-0.39, 0.29) is 18.1 Å². The van der Waals surface area contributed by atoms with Crippen molar-refractivity contribution in [2.45, 2.75) is 32.1 Å². The molecule has 5 nitrogen and oxygen atoms in total. The number of hydrogen-bond acceptors (Lipinski definition) is 4. The zero-order chi connectivity index (χ0) is 16.1. The van der Waals surface area contributed by atoms with Crippen LogP contribution in [-0.2, 0) is 16.1 Å². The molecular weight excluding hydrogens is 290 g/mol. The molecular formula is C18H21N3O2. The lowest BCUT2D eigenvalue weighted by atomic mass is 10.2. The van der Waals surface area contributed by atoms with Crippen LogP contribution in [-0.4, -0.2) is 29.6 Å². The summed E-state index contributed by atoms with van der Waals surface area (Å²) in [6, 6.07) is 13.6. The molecule has 2 atom stereocenters. The number of nitrogens with one attached hydrogen (secondary N) is 2. The SMILES string of the molecule is Cc1ccc(NC(=O)[C@@H]2C[C@@H](OCc3ccccc3)CN2)nc1. The van der Waals surface area contributed by atoms with Crippen molar-refractivity contribution in [3.8, 4) is 0 Å². The summed E-state index contributed by atoms with van der Waals surface area (Å²) in [7, 11) is 0. The molecule has 2 aromatic rings. The van der Waals surface area contributed by atoms with Crippen molar-refractivity contribution in [2.75, 3.05) is 11.9 Å². The maximum Gasteiger partial charge on any atom is 0.242 e. The Morgan fingerprint density at radius 2 is 2.13 bits per heavy atom. The fourth-order valence-corrected chi connectivity index (χ4v) is 2.57. The standard InChI is InChI=1S/C18H21N3O2/c1-13-7-8-17(20-10-13)21-18(22)16-9-15(11-19-16)23-12-14-5-3-2-4-6-14/h2-8,10,15-16,19H,9,11-12H2,1H3,(H,20,21,22)/t15-,16+/m1/s1. The van der Waals surface area contributed by atoms with E-state index in [1.54, 1.807) is 6.20 Å². The summed E-state index contributed by atoms with van der Waals surface area (Å²) in [6.07, 6.45) is 2.46. The molecule has 0 saturated carbocycles. The molecule has 23 heavy (non-hydrogen) atoms. The van der Waals surface area contributed by atoms with Gasteiger partial charge in [-0.05, 0) is 30.5 Å². The zero-order valence-electron chi connectivity index (χ0n) is 13.2. The number of anilines is 1. The molecule has 1 amide bonds. The van der Waals surface area contributed by atoms with Crippen LogP contribution in [0, 0.1) is 6.92 Å². The average molecular weight is 311 g/mol. The van der Waals surface area contributed by atoms with Gasteiger partial charge < -0.3 is 15.4 Å². The number of amides is 1. The highest BCUT2D eigenvalue weighted by atomic mass is 16.5. The molecule has 2 N–H and O–H groups in total. The van der Waals surface area contributed by atoms with Crippen LogP contribution in [0.5, 0.6) is 0 Å². The van der Waals surface area contributed by atoms with E-state index in [4.69, 9.17) is 4.74 Å². The van der Waals surface area contributed by atoms with E-state index < -0.39 is 0 Å². The number of benzene rings is 1. The van der Waals surface area contributed by atoms with E-state index >= 15 is 0 Å². The maximum absolute atomic E-state index is 12.3. The third-order valence-electron chi connectivity index (χ3n) is 3.90. The second kappa shape index (κ2) is 7.35.